The molecule has 1 unspecified atom stereocenters. The Kier molecular flexibility index (Phi) is 6.52. The minimum absolute atomic E-state index is 0.0514. The Balaban J connectivity index is 1.28. The molecule has 1 N–H and O–H groups in total. The van der Waals surface area contributed by atoms with E-state index in [-0.39, 0.29) is 24.5 Å². The summed E-state index contributed by atoms with van der Waals surface area (Å²) in [6.45, 7) is 4.32. The fourth-order valence-corrected chi connectivity index (χ4v) is 4.49. The van der Waals surface area contributed by atoms with E-state index in [1.807, 2.05) is 28.0 Å². The van der Waals surface area contributed by atoms with Crippen LogP contribution in [0.5, 0.6) is 0 Å². The van der Waals surface area contributed by atoms with Crippen LogP contribution in [0.15, 0.2) is 29.3 Å². The van der Waals surface area contributed by atoms with Gasteiger partial charge in [0.05, 0.1) is 6.54 Å². The summed E-state index contributed by atoms with van der Waals surface area (Å²) in [5.41, 5.74) is 2.25. The van der Waals surface area contributed by atoms with E-state index in [9.17, 15) is 9.59 Å². The largest absolute Gasteiger partial charge is 0.368 e. The number of amides is 2. The smallest absolute Gasteiger partial charge is 0.251 e. The summed E-state index contributed by atoms with van der Waals surface area (Å²) >= 11 is 0. The number of guanidine groups is 1. The summed E-state index contributed by atoms with van der Waals surface area (Å²) in [5, 5.41) is 3.22. The van der Waals surface area contributed by atoms with Crippen molar-refractivity contribution in [1.82, 2.24) is 15.1 Å². The van der Waals surface area contributed by atoms with Gasteiger partial charge in [0.2, 0.25) is 5.91 Å². The first-order valence-electron chi connectivity index (χ1n) is 10.9. The third-order valence-corrected chi connectivity index (χ3v) is 6.12. The van der Waals surface area contributed by atoms with Crippen molar-refractivity contribution in [3.05, 3.63) is 29.8 Å². The molecule has 3 heterocycles. The highest BCUT2D eigenvalue weighted by Gasteiger charge is 2.31. The molecule has 4 rings (SSSR count). The summed E-state index contributed by atoms with van der Waals surface area (Å²) in [7, 11) is 1.73. The maximum Gasteiger partial charge on any atom is 0.251 e. The van der Waals surface area contributed by atoms with Crippen LogP contribution >= 0.6 is 0 Å². The highest BCUT2D eigenvalue weighted by atomic mass is 16.5. The Labute approximate surface area is 177 Å². The quantitative estimate of drug-likeness (QED) is 0.588. The molecule has 0 radical (unpaired) electrons. The first-order chi connectivity index (χ1) is 14.7. The minimum atomic E-state index is -0.265. The number of hydrogen-bond acceptors (Lipinski definition) is 4. The number of nitrogens with zero attached hydrogens (tertiary/aromatic N) is 4. The molecule has 1 aromatic rings. The summed E-state index contributed by atoms with van der Waals surface area (Å²) in [6.07, 6.45) is 3.52. The molecular formula is C22H31N5O3. The number of para-hydroxylation sites is 1. The van der Waals surface area contributed by atoms with Crippen molar-refractivity contribution < 1.29 is 14.3 Å². The molecule has 30 heavy (non-hydrogen) atoms. The Bertz CT molecular complexity index is 798. The summed E-state index contributed by atoms with van der Waals surface area (Å²) < 4.78 is 5.53. The van der Waals surface area contributed by atoms with Crippen LogP contribution in [0.4, 0.5) is 5.69 Å². The number of carbonyl (C=O) groups is 2. The molecule has 162 valence electrons. The van der Waals surface area contributed by atoms with E-state index in [0.29, 0.717) is 38.7 Å². The zero-order valence-corrected chi connectivity index (χ0v) is 17.7. The van der Waals surface area contributed by atoms with Crippen LogP contribution in [0.25, 0.3) is 0 Å². The predicted octanol–water partition coefficient (Wildman–Crippen LogP) is 0.864. The number of piperazine rings is 1. The molecule has 8 nitrogen and oxygen atoms in total. The SMILES string of the molecule is CN=C(NCC(=O)N1CCCc2ccccc21)N1CCN(C(=O)C2CCCO2)CC1. The lowest BCUT2D eigenvalue weighted by molar-refractivity contribution is -0.142. The van der Waals surface area contributed by atoms with E-state index in [1.54, 1.807) is 7.05 Å². The van der Waals surface area contributed by atoms with Crippen LogP contribution in [0, 0.1) is 0 Å². The van der Waals surface area contributed by atoms with Gasteiger partial charge in [0.25, 0.3) is 5.91 Å². The second kappa shape index (κ2) is 9.47. The lowest BCUT2D eigenvalue weighted by Gasteiger charge is -2.37. The van der Waals surface area contributed by atoms with Gasteiger partial charge in [-0.25, -0.2) is 0 Å². The molecule has 0 bridgehead atoms. The van der Waals surface area contributed by atoms with E-state index in [0.717, 1.165) is 37.9 Å². The highest BCUT2D eigenvalue weighted by molar-refractivity contribution is 5.98. The van der Waals surface area contributed by atoms with Crippen molar-refractivity contribution >= 4 is 23.5 Å². The number of carbonyl (C=O) groups excluding carboxylic acids is 2. The second-order valence-corrected chi connectivity index (χ2v) is 7.99. The Morgan fingerprint density at radius 2 is 1.87 bits per heavy atom. The van der Waals surface area contributed by atoms with Gasteiger partial charge in [-0.1, -0.05) is 18.2 Å². The first kappa shape index (κ1) is 20.7. The van der Waals surface area contributed by atoms with Crippen molar-refractivity contribution in [2.75, 3.05) is 57.8 Å². The number of aryl methyl sites for hydroxylation is 1. The molecule has 0 spiro atoms. The van der Waals surface area contributed by atoms with Crippen molar-refractivity contribution in [3.8, 4) is 0 Å². The van der Waals surface area contributed by atoms with Crippen molar-refractivity contribution in [3.63, 3.8) is 0 Å². The van der Waals surface area contributed by atoms with Gasteiger partial charge in [-0.2, -0.15) is 0 Å². The molecule has 0 saturated carbocycles. The van der Waals surface area contributed by atoms with Crippen LogP contribution in [0.3, 0.4) is 0 Å². The number of fused-ring (bicyclic) bond motifs is 1. The number of benzene rings is 1. The third kappa shape index (κ3) is 4.43. The van der Waals surface area contributed by atoms with Gasteiger partial charge in [-0.15, -0.1) is 0 Å². The Hall–Kier alpha value is -2.61. The van der Waals surface area contributed by atoms with Gasteiger partial charge in [0.15, 0.2) is 5.96 Å². The van der Waals surface area contributed by atoms with Crippen molar-refractivity contribution in [2.24, 2.45) is 4.99 Å². The Morgan fingerprint density at radius 1 is 1.10 bits per heavy atom. The summed E-state index contributed by atoms with van der Waals surface area (Å²) in [4.78, 5) is 35.6. The van der Waals surface area contributed by atoms with Crippen LogP contribution in [0.2, 0.25) is 0 Å². The maximum absolute atomic E-state index is 12.9. The van der Waals surface area contributed by atoms with E-state index in [1.165, 1.54) is 5.56 Å². The summed E-state index contributed by atoms with van der Waals surface area (Å²) in [6, 6.07) is 8.12. The molecule has 2 fully saturated rings. The standard InChI is InChI=1S/C22H31N5O3/c1-23-22(26-13-11-25(12-14-26)21(29)19-9-5-15-30-19)24-16-20(28)27-10-4-7-17-6-2-3-8-18(17)27/h2-3,6,8,19H,4-5,7,9-16H2,1H3,(H,23,24). The van der Waals surface area contributed by atoms with Crippen LogP contribution in [-0.4, -0.2) is 86.6 Å². The zero-order chi connectivity index (χ0) is 20.9. The fourth-order valence-electron chi connectivity index (χ4n) is 4.49. The lowest BCUT2D eigenvalue weighted by Crippen LogP contribution is -2.56. The van der Waals surface area contributed by atoms with Gasteiger partial charge in [-0.3, -0.25) is 14.6 Å². The molecule has 8 heteroatoms. The normalized spacial score (nSPS) is 22.1. The number of aliphatic imine (C=N–C) groups is 1. The lowest BCUT2D eigenvalue weighted by atomic mass is 10.0. The molecule has 2 amide bonds. The molecule has 0 aliphatic carbocycles. The number of hydrogen-bond donors (Lipinski definition) is 1. The van der Waals surface area contributed by atoms with Crippen molar-refractivity contribution in [2.45, 2.75) is 31.8 Å². The number of nitrogens with one attached hydrogen (secondary N) is 1. The fraction of sp³-hybridized carbons (Fsp3) is 0.591. The van der Waals surface area contributed by atoms with Gasteiger partial charge < -0.3 is 24.8 Å². The van der Waals surface area contributed by atoms with Gasteiger partial charge in [0, 0.05) is 52.1 Å². The minimum Gasteiger partial charge on any atom is -0.368 e. The van der Waals surface area contributed by atoms with Crippen LogP contribution < -0.4 is 10.2 Å². The number of ether oxygens (including phenoxy) is 1. The molecule has 1 atom stereocenters. The predicted molar refractivity (Wildman–Crippen MR) is 116 cm³/mol. The average Bonchev–Trinajstić information content (AvgIpc) is 3.34. The maximum atomic E-state index is 12.9. The monoisotopic (exact) mass is 413 g/mol. The zero-order valence-electron chi connectivity index (χ0n) is 17.7. The molecular weight excluding hydrogens is 382 g/mol. The van der Waals surface area contributed by atoms with Crippen molar-refractivity contribution in [1.29, 1.82) is 0 Å². The van der Waals surface area contributed by atoms with E-state index >= 15 is 0 Å². The molecule has 0 aromatic heterocycles. The molecule has 3 aliphatic heterocycles. The topological polar surface area (TPSA) is 77.5 Å². The van der Waals surface area contributed by atoms with Gasteiger partial charge in [-0.05, 0) is 37.3 Å². The van der Waals surface area contributed by atoms with E-state index in [2.05, 4.69) is 21.3 Å². The Morgan fingerprint density at radius 3 is 2.60 bits per heavy atom. The van der Waals surface area contributed by atoms with Crippen LogP contribution in [-0.2, 0) is 20.7 Å². The van der Waals surface area contributed by atoms with E-state index in [4.69, 9.17) is 4.74 Å². The van der Waals surface area contributed by atoms with Crippen LogP contribution in [0.1, 0.15) is 24.8 Å². The molecule has 2 saturated heterocycles. The van der Waals surface area contributed by atoms with E-state index < -0.39 is 0 Å². The van der Waals surface area contributed by atoms with Gasteiger partial charge >= 0.3 is 0 Å². The molecule has 3 aliphatic rings. The number of anilines is 1. The summed E-state index contributed by atoms with van der Waals surface area (Å²) in [5.74, 6) is 0.863. The highest BCUT2D eigenvalue weighted by Crippen LogP contribution is 2.26. The van der Waals surface area contributed by atoms with Gasteiger partial charge in [0.1, 0.15) is 6.10 Å². The third-order valence-electron chi connectivity index (χ3n) is 6.12. The average molecular weight is 414 g/mol. The molecule has 1 aromatic carbocycles. The number of rotatable bonds is 3. The first-order valence-corrected chi connectivity index (χ1v) is 10.9. The second-order valence-electron chi connectivity index (χ2n) is 7.99.